The average molecular weight is 306 g/mol. The molecule has 1 amide bonds. The summed E-state index contributed by atoms with van der Waals surface area (Å²) < 4.78 is 1.89. The molecule has 0 aromatic carbocycles. The Morgan fingerprint density at radius 1 is 1.43 bits per heavy atom. The minimum absolute atomic E-state index is 0.107. The van der Waals surface area contributed by atoms with Crippen molar-refractivity contribution in [3.63, 3.8) is 0 Å². The molecule has 0 bridgehead atoms. The van der Waals surface area contributed by atoms with Gasteiger partial charge in [0.05, 0.1) is 16.3 Å². The van der Waals surface area contributed by atoms with Gasteiger partial charge in [0.25, 0.3) is 5.91 Å². The van der Waals surface area contributed by atoms with Gasteiger partial charge in [-0.3, -0.25) is 4.79 Å². The molecule has 0 spiro atoms. The van der Waals surface area contributed by atoms with Crippen LogP contribution in [0.3, 0.4) is 0 Å². The van der Waals surface area contributed by atoms with Crippen LogP contribution in [0.5, 0.6) is 0 Å². The van der Waals surface area contributed by atoms with Gasteiger partial charge in [0, 0.05) is 17.4 Å². The predicted molar refractivity (Wildman–Crippen MR) is 83.9 cm³/mol. The van der Waals surface area contributed by atoms with E-state index in [9.17, 15) is 4.79 Å². The number of nitrogens with zero attached hydrogens (tertiary/aromatic N) is 2. The number of aromatic nitrogens is 2. The van der Waals surface area contributed by atoms with E-state index in [0.29, 0.717) is 22.2 Å². The second kappa shape index (κ2) is 4.73. The zero-order valence-electron chi connectivity index (χ0n) is 12.8. The molecule has 1 saturated carbocycles. The lowest BCUT2D eigenvalue weighted by Gasteiger charge is -2.26. The van der Waals surface area contributed by atoms with Crippen molar-refractivity contribution in [1.29, 1.82) is 0 Å². The molecule has 2 aromatic heterocycles. The van der Waals surface area contributed by atoms with Crippen molar-refractivity contribution in [3.8, 4) is 0 Å². The van der Waals surface area contributed by atoms with E-state index in [1.807, 2.05) is 24.4 Å². The Hall–Kier alpha value is -1.55. The Morgan fingerprint density at radius 2 is 2.10 bits per heavy atom. The summed E-state index contributed by atoms with van der Waals surface area (Å²) in [5.41, 5.74) is 2.78. The number of aryl methyl sites for hydroxylation is 2. The van der Waals surface area contributed by atoms with Crippen LogP contribution < -0.4 is 5.32 Å². The highest BCUT2D eigenvalue weighted by molar-refractivity contribution is 6.31. The van der Waals surface area contributed by atoms with Crippen LogP contribution in [0, 0.1) is 19.8 Å². The van der Waals surface area contributed by atoms with Crippen LogP contribution in [0.1, 0.15) is 48.4 Å². The fraction of sp³-hybridized carbons (Fsp3) is 0.500. The highest BCUT2D eigenvalue weighted by atomic mass is 35.5. The number of hydrogen-bond acceptors (Lipinski definition) is 2. The Morgan fingerprint density at radius 3 is 2.71 bits per heavy atom. The van der Waals surface area contributed by atoms with Gasteiger partial charge in [-0.25, -0.2) is 4.98 Å². The first-order valence-corrected chi connectivity index (χ1v) is 7.64. The van der Waals surface area contributed by atoms with E-state index in [-0.39, 0.29) is 11.4 Å². The van der Waals surface area contributed by atoms with Gasteiger partial charge < -0.3 is 9.72 Å². The number of carbonyl (C=O) groups excluding carboxylic acids is 1. The summed E-state index contributed by atoms with van der Waals surface area (Å²) in [5, 5.41) is 3.71. The van der Waals surface area contributed by atoms with Gasteiger partial charge in [0.1, 0.15) is 5.65 Å². The van der Waals surface area contributed by atoms with E-state index in [1.54, 1.807) is 6.07 Å². The fourth-order valence-electron chi connectivity index (χ4n) is 2.79. The highest BCUT2D eigenvalue weighted by Gasteiger charge is 2.39. The van der Waals surface area contributed by atoms with Crippen LogP contribution in [0.25, 0.3) is 5.65 Å². The molecule has 1 aliphatic rings. The first kappa shape index (κ1) is 14.4. The first-order valence-electron chi connectivity index (χ1n) is 7.27. The van der Waals surface area contributed by atoms with Crippen molar-refractivity contribution in [1.82, 2.24) is 14.7 Å². The molecule has 3 rings (SSSR count). The monoisotopic (exact) mass is 305 g/mol. The van der Waals surface area contributed by atoms with Crippen LogP contribution in [-0.4, -0.2) is 20.8 Å². The summed E-state index contributed by atoms with van der Waals surface area (Å²) in [6.45, 7) is 7.99. The van der Waals surface area contributed by atoms with Crippen molar-refractivity contribution < 1.29 is 4.79 Å². The number of nitrogens with one attached hydrogen (secondary N) is 1. The third kappa shape index (κ3) is 2.53. The number of halogens is 1. The fourth-order valence-corrected chi connectivity index (χ4v) is 2.99. The second-order valence-corrected chi connectivity index (χ2v) is 6.92. The number of amides is 1. The third-order valence-corrected chi connectivity index (χ3v) is 4.71. The predicted octanol–water partition coefficient (Wildman–Crippen LogP) is 3.52. The van der Waals surface area contributed by atoms with Crippen molar-refractivity contribution >= 4 is 23.2 Å². The van der Waals surface area contributed by atoms with Gasteiger partial charge in [0.15, 0.2) is 0 Å². The lowest BCUT2D eigenvalue weighted by Crippen LogP contribution is -2.45. The van der Waals surface area contributed by atoms with Crippen LogP contribution in [0.15, 0.2) is 12.3 Å². The number of rotatable bonds is 3. The van der Waals surface area contributed by atoms with Gasteiger partial charge in [-0.15, -0.1) is 0 Å². The molecule has 2 aromatic rings. The van der Waals surface area contributed by atoms with Gasteiger partial charge in [0.2, 0.25) is 0 Å². The zero-order valence-corrected chi connectivity index (χ0v) is 13.6. The lowest BCUT2D eigenvalue weighted by molar-refractivity contribution is 0.0904. The summed E-state index contributed by atoms with van der Waals surface area (Å²) in [5.74, 6) is 0.462. The summed E-state index contributed by atoms with van der Waals surface area (Å²) in [6, 6.07) is 1.72. The Bertz CT molecular complexity index is 729. The topological polar surface area (TPSA) is 46.4 Å². The van der Waals surface area contributed by atoms with Crippen LogP contribution in [0.2, 0.25) is 5.02 Å². The molecule has 4 nitrogen and oxygen atoms in total. The largest absolute Gasteiger partial charge is 0.347 e. The van der Waals surface area contributed by atoms with E-state index < -0.39 is 0 Å². The summed E-state index contributed by atoms with van der Waals surface area (Å²) in [6.07, 6.45) is 4.26. The van der Waals surface area contributed by atoms with Crippen molar-refractivity contribution in [2.24, 2.45) is 5.92 Å². The SMILES string of the molecule is Cc1cn2c(C)c(Cl)cc(C(=O)NC(C)(C)C3CC3)c2n1. The van der Waals surface area contributed by atoms with E-state index in [2.05, 4.69) is 24.1 Å². The first-order chi connectivity index (χ1) is 9.79. The van der Waals surface area contributed by atoms with E-state index in [0.717, 1.165) is 11.4 Å². The van der Waals surface area contributed by atoms with Crippen LogP contribution in [-0.2, 0) is 0 Å². The Balaban J connectivity index is 2.03. The standard InChI is InChI=1S/C16H20ClN3O/c1-9-8-20-10(2)13(17)7-12(14(20)18-9)15(21)19-16(3,4)11-5-6-11/h7-8,11H,5-6H2,1-4H3,(H,19,21). The molecule has 112 valence electrons. The maximum Gasteiger partial charge on any atom is 0.255 e. The second-order valence-electron chi connectivity index (χ2n) is 6.52. The number of fused-ring (bicyclic) bond motifs is 1. The minimum atomic E-state index is -0.187. The normalized spacial score (nSPS) is 15.5. The van der Waals surface area contributed by atoms with Crippen LogP contribution >= 0.6 is 11.6 Å². The van der Waals surface area contributed by atoms with Gasteiger partial charge in [-0.1, -0.05) is 11.6 Å². The van der Waals surface area contributed by atoms with Crippen molar-refractivity contribution in [2.75, 3.05) is 0 Å². The Kier molecular flexibility index (Phi) is 3.24. The van der Waals surface area contributed by atoms with Crippen molar-refractivity contribution in [2.45, 2.75) is 46.1 Å². The smallest absolute Gasteiger partial charge is 0.255 e. The quantitative estimate of drug-likeness (QED) is 0.943. The minimum Gasteiger partial charge on any atom is -0.347 e. The number of hydrogen-bond donors (Lipinski definition) is 1. The van der Waals surface area contributed by atoms with Gasteiger partial charge in [-0.05, 0) is 52.5 Å². The lowest BCUT2D eigenvalue weighted by atomic mass is 9.98. The molecule has 1 fully saturated rings. The molecule has 2 heterocycles. The zero-order chi connectivity index (χ0) is 15.4. The average Bonchev–Trinajstić information content (AvgIpc) is 3.17. The van der Waals surface area contributed by atoms with Gasteiger partial charge >= 0.3 is 0 Å². The highest BCUT2D eigenvalue weighted by Crippen LogP contribution is 2.39. The molecule has 5 heteroatoms. The summed E-state index contributed by atoms with van der Waals surface area (Å²) >= 11 is 6.26. The molecule has 0 radical (unpaired) electrons. The van der Waals surface area contributed by atoms with Gasteiger partial charge in [-0.2, -0.15) is 0 Å². The molecular weight excluding hydrogens is 286 g/mol. The van der Waals surface area contributed by atoms with E-state index >= 15 is 0 Å². The molecule has 21 heavy (non-hydrogen) atoms. The maximum atomic E-state index is 12.7. The van der Waals surface area contributed by atoms with Crippen LogP contribution in [0.4, 0.5) is 0 Å². The molecule has 0 saturated heterocycles. The van der Waals surface area contributed by atoms with E-state index in [1.165, 1.54) is 12.8 Å². The molecule has 1 aliphatic carbocycles. The molecular formula is C16H20ClN3O. The number of imidazole rings is 1. The van der Waals surface area contributed by atoms with Crippen molar-refractivity contribution in [3.05, 3.63) is 34.2 Å². The summed E-state index contributed by atoms with van der Waals surface area (Å²) in [4.78, 5) is 17.1. The molecule has 0 aliphatic heterocycles. The summed E-state index contributed by atoms with van der Waals surface area (Å²) in [7, 11) is 0. The van der Waals surface area contributed by atoms with E-state index in [4.69, 9.17) is 11.6 Å². The maximum absolute atomic E-state index is 12.7. The number of carbonyl (C=O) groups is 1. The molecule has 0 unspecified atom stereocenters. The Labute approximate surface area is 129 Å². The molecule has 0 atom stereocenters. The number of pyridine rings is 1. The molecule has 1 N–H and O–H groups in total. The third-order valence-electron chi connectivity index (χ3n) is 4.32.